The second-order valence-electron chi connectivity index (χ2n) is 6.98. The standard InChI is InChI=1S/C22H43NO9/c1-2-3-4-9-27-11-13-29-15-17-31-19-20-32-18-16-30-14-12-28-10-5-8-23-21(24)6-7-22(25)26/h2-20H2,1H3,(H,23,24)(H,25,26). The highest BCUT2D eigenvalue weighted by molar-refractivity contribution is 5.80. The molecule has 0 fully saturated rings. The third kappa shape index (κ3) is 26.7. The Balaban J connectivity index is 3.08. The Hall–Kier alpha value is -1.30. The Labute approximate surface area is 192 Å². The van der Waals surface area contributed by atoms with Gasteiger partial charge in [0.15, 0.2) is 0 Å². The van der Waals surface area contributed by atoms with E-state index < -0.39 is 5.97 Å². The Morgan fingerprint density at radius 2 is 1.00 bits per heavy atom. The Morgan fingerprint density at radius 3 is 1.41 bits per heavy atom. The molecule has 0 bridgehead atoms. The van der Waals surface area contributed by atoms with Crippen molar-refractivity contribution >= 4 is 11.9 Å². The normalized spacial score (nSPS) is 11.0. The van der Waals surface area contributed by atoms with Crippen LogP contribution in [-0.4, -0.2) is 103 Å². The van der Waals surface area contributed by atoms with Crippen LogP contribution in [0.1, 0.15) is 45.4 Å². The van der Waals surface area contributed by atoms with Crippen molar-refractivity contribution in [1.29, 1.82) is 0 Å². The molecule has 32 heavy (non-hydrogen) atoms. The van der Waals surface area contributed by atoms with Crippen LogP contribution in [0, 0.1) is 0 Å². The number of nitrogens with one attached hydrogen (secondary N) is 1. The number of carbonyl (C=O) groups excluding carboxylic acids is 1. The maximum atomic E-state index is 11.3. The van der Waals surface area contributed by atoms with Crippen molar-refractivity contribution in [2.24, 2.45) is 0 Å². The number of carboxylic acid groups (broad SMARTS) is 1. The van der Waals surface area contributed by atoms with E-state index in [2.05, 4.69) is 12.2 Å². The molecule has 0 atom stereocenters. The van der Waals surface area contributed by atoms with Crippen LogP contribution in [0.15, 0.2) is 0 Å². The highest BCUT2D eigenvalue weighted by Crippen LogP contribution is 1.94. The number of carbonyl (C=O) groups is 2. The zero-order valence-electron chi connectivity index (χ0n) is 19.6. The number of rotatable bonds is 26. The van der Waals surface area contributed by atoms with Gasteiger partial charge in [-0.3, -0.25) is 9.59 Å². The SMILES string of the molecule is CCCCCOCCOCCOCCOCCOCCOCCCNC(=O)CCC(=O)O. The van der Waals surface area contributed by atoms with Crippen LogP contribution in [0.3, 0.4) is 0 Å². The van der Waals surface area contributed by atoms with Gasteiger partial charge in [0.05, 0.1) is 72.5 Å². The van der Waals surface area contributed by atoms with Gasteiger partial charge in [-0.25, -0.2) is 0 Å². The summed E-state index contributed by atoms with van der Waals surface area (Å²) < 4.78 is 32.5. The Kier molecular flexibility index (Phi) is 24.9. The molecule has 0 aromatic rings. The predicted octanol–water partition coefficient (Wildman–Crippen LogP) is 1.65. The fraction of sp³-hybridized carbons (Fsp3) is 0.909. The fourth-order valence-electron chi connectivity index (χ4n) is 2.37. The van der Waals surface area contributed by atoms with Crippen LogP contribution in [0.4, 0.5) is 0 Å². The minimum absolute atomic E-state index is 0.00177. The molecule has 0 aliphatic heterocycles. The molecule has 0 rings (SSSR count). The van der Waals surface area contributed by atoms with E-state index in [0.29, 0.717) is 85.6 Å². The molecule has 0 spiro atoms. The second-order valence-corrected chi connectivity index (χ2v) is 6.98. The summed E-state index contributed by atoms with van der Waals surface area (Å²) in [4.78, 5) is 21.6. The van der Waals surface area contributed by atoms with Crippen molar-refractivity contribution < 1.29 is 43.1 Å². The number of aliphatic carboxylic acids is 1. The van der Waals surface area contributed by atoms with Crippen molar-refractivity contribution in [3.8, 4) is 0 Å². The maximum Gasteiger partial charge on any atom is 0.303 e. The molecule has 0 unspecified atom stereocenters. The monoisotopic (exact) mass is 465 g/mol. The van der Waals surface area contributed by atoms with Crippen molar-refractivity contribution in [2.45, 2.75) is 45.4 Å². The minimum atomic E-state index is -0.974. The molecule has 0 aliphatic rings. The molecule has 0 saturated carbocycles. The molecule has 190 valence electrons. The molecule has 0 aromatic heterocycles. The summed E-state index contributed by atoms with van der Waals surface area (Å²) in [6.07, 6.45) is 4.04. The van der Waals surface area contributed by atoms with E-state index >= 15 is 0 Å². The summed E-state index contributed by atoms with van der Waals surface area (Å²) in [5, 5.41) is 11.1. The summed E-state index contributed by atoms with van der Waals surface area (Å²) in [5.74, 6) is -1.23. The molecule has 0 heterocycles. The lowest BCUT2D eigenvalue weighted by atomic mass is 10.3. The molecule has 0 radical (unpaired) electrons. The number of carboxylic acids is 1. The zero-order chi connectivity index (χ0) is 23.5. The van der Waals surface area contributed by atoms with Gasteiger partial charge in [0, 0.05) is 26.2 Å². The van der Waals surface area contributed by atoms with Crippen LogP contribution < -0.4 is 5.32 Å². The lowest BCUT2D eigenvalue weighted by molar-refractivity contribution is -0.138. The number of ether oxygens (including phenoxy) is 6. The molecule has 10 heteroatoms. The van der Waals surface area contributed by atoms with E-state index in [9.17, 15) is 9.59 Å². The van der Waals surface area contributed by atoms with Crippen molar-refractivity contribution in [3.05, 3.63) is 0 Å². The molecule has 10 nitrogen and oxygen atoms in total. The molecular formula is C22H43NO9. The van der Waals surface area contributed by atoms with E-state index in [1.807, 2.05) is 0 Å². The lowest BCUT2D eigenvalue weighted by Gasteiger charge is -2.08. The van der Waals surface area contributed by atoms with Crippen LogP contribution in [0.5, 0.6) is 0 Å². The fourth-order valence-corrected chi connectivity index (χ4v) is 2.37. The van der Waals surface area contributed by atoms with Gasteiger partial charge in [-0.2, -0.15) is 0 Å². The minimum Gasteiger partial charge on any atom is -0.481 e. The molecule has 0 saturated heterocycles. The van der Waals surface area contributed by atoms with E-state index in [4.69, 9.17) is 33.5 Å². The highest BCUT2D eigenvalue weighted by atomic mass is 16.6. The third-order valence-electron chi connectivity index (χ3n) is 4.11. The van der Waals surface area contributed by atoms with Gasteiger partial charge in [-0.1, -0.05) is 19.8 Å². The van der Waals surface area contributed by atoms with E-state index in [-0.39, 0.29) is 18.7 Å². The molecule has 2 N–H and O–H groups in total. The van der Waals surface area contributed by atoms with E-state index in [1.54, 1.807) is 0 Å². The topological polar surface area (TPSA) is 122 Å². The quantitative estimate of drug-likeness (QED) is 0.184. The van der Waals surface area contributed by atoms with E-state index in [0.717, 1.165) is 13.0 Å². The first kappa shape index (κ1) is 30.7. The summed E-state index contributed by atoms with van der Waals surface area (Å²) in [7, 11) is 0. The van der Waals surface area contributed by atoms with Crippen molar-refractivity contribution in [3.63, 3.8) is 0 Å². The first-order valence-electron chi connectivity index (χ1n) is 11.6. The van der Waals surface area contributed by atoms with Gasteiger partial charge < -0.3 is 38.8 Å². The highest BCUT2D eigenvalue weighted by Gasteiger charge is 2.04. The summed E-state index contributed by atoms with van der Waals surface area (Å²) in [5.41, 5.74) is 0. The van der Waals surface area contributed by atoms with Crippen molar-refractivity contribution in [1.82, 2.24) is 5.32 Å². The average molecular weight is 466 g/mol. The summed E-state index contributed by atoms with van der Waals surface area (Å²) >= 11 is 0. The van der Waals surface area contributed by atoms with Gasteiger partial charge in [0.2, 0.25) is 5.91 Å². The number of unbranched alkanes of at least 4 members (excludes halogenated alkanes) is 2. The van der Waals surface area contributed by atoms with E-state index in [1.165, 1.54) is 12.8 Å². The van der Waals surface area contributed by atoms with Gasteiger partial charge in [0.25, 0.3) is 0 Å². The van der Waals surface area contributed by atoms with Crippen LogP contribution >= 0.6 is 0 Å². The van der Waals surface area contributed by atoms with Gasteiger partial charge in [0.1, 0.15) is 0 Å². The smallest absolute Gasteiger partial charge is 0.303 e. The van der Waals surface area contributed by atoms with Gasteiger partial charge in [-0.15, -0.1) is 0 Å². The molecular weight excluding hydrogens is 422 g/mol. The zero-order valence-corrected chi connectivity index (χ0v) is 19.6. The maximum absolute atomic E-state index is 11.3. The predicted molar refractivity (Wildman–Crippen MR) is 119 cm³/mol. The third-order valence-corrected chi connectivity index (χ3v) is 4.11. The van der Waals surface area contributed by atoms with Crippen LogP contribution in [0.25, 0.3) is 0 Å². The second kappa shape index (κ2) is 26.0. The first-order valence-corrected chi connectivity index (χ1v) is 11.6. The van der Waals surface area contributed by atoms with Crippen LogP contribution in [0.2, 0.25) is 0 Å². The average Bonchev–Trinajstić information content (AvgIpc) is 2.78. The van der Waals surface area contributed by atoms with Crippen molar-refractivity contribution in [2.75, 3.05) is 85.8 Å². The first-order chi connectivity index (χ1) is 15.7. The molecule has 0 aromatic carbocycles. The number of hydrogen-bond acceptors (Lipinski definition) is 8. The summed E-state index contributed by atoms with van der Waals surface area (Å²) in [6, 6.07) is 0. The molecule has 1 amide bonds. The van der Waals surface area contributed by atoms with Gasteiger partial charge in [-0.05, 0) is 12.8 Å². The van der Waals surface area contributed by atoms with Gasteiger partial charge >= 0.3 is 5.97 Å². The Bertz CT molecular complexity index is 424. The number of amides is 1. The van der Waals surface area contributed by atoms with Crippen LogP contribution in [-0.2, 0) is 38.0 Å². The molecule has 0 aliphatic carbocycles. The summed E-state index contributed by atoms with van der Waals surface area (Å²) in [6.45, 7) is 9.24. The number of hydrogen-bond donors (Lipinski definition) is 2. The largest absolute Gasteiger partial charge is 0.481 e. The Morgan fingerprint density at radius 1 is 0.594 bits per heavy atom. The lowest BCUT2D eigenvalue weighted by Crippen LogP contribution is -2.25.